The van der Waals surface area contributed by atoms with E-state index in [9.17, 15) is 0 Å². The van der Waals surface area contributed by atoms with Crippen LogP contribution in [0, 0.1) is 0 Å². The van der Waals surface area contributed by atoms with Crippen LogP contribution in [0.15, 0.2) is 60.0 Å². The van der Waals surface area contributed by atoms with Crippen molar-refractivity contribution in [3.8, 4) is 0 Å². The average molecular weight is 256 g/mol. The quantitative estimate of drug-likeness (QED) is 0.644. The van der Waals surface area contributed by atoms with Gasteiger partial charge in [0.1, 0.15) is 6.33 Å². The van der Waals surface area contributed by atoms with Gasteiger partial charge in [-0.15, -0.1) is 0 Å². The molecule has 0 unspecified atom stereocenters. The van der Waals surface area contributed by atoms with E-state index in [4.69, 9.17) is 11.6 Å². The first-order chi connectivity index (χ1) is 8.83. The molecular formula is C14H10ClN3. The first-order valence-corrected chi connectivity index (χ1v) is 5.93. The zero-order chi connectivity index (χ0) is 12.4. The summed E-state index contributed by atoms with van der Waals surface area (Å²) in [6.07, 6.45) is 3.49. The number of benzene rings is 2. The molecule has 0 amide bonds. The van der Waals surface area contributed by atoms with Crippen molar-refractivity contribution in [2.24, 2.45) is 5.10 Å². The number of hydrogen-bond donors (Lipinski definition) is 0. The van der Waals surface area contributed by atoms with Crippen LogP contribution in [-0.2, 0) is 0 Å². The van der Waals surface area contributed by atoms with Gasteiger partial charge in [0.2, 0.25) is 0 Å². The highest BCUT2D eigenvalue weighted by atomic mass is 35.5. The molecule has 0 N–H and O–H groups in total. The van der Waals surface area contributed by atoms with Crippen molar-refractivity contribution in [3.05, 3.63) is 65.4 Å². The van der Waals surface area contributed by atoms with Crippen LogP contribution < -0.4 is 0 Å². The van der Waals surface area contributed by atoms with E-state index < -0.39 is 0 Å². The van der Waals surface area contributed by atoms with Crippen LogP contribution in [0.25, 0.3) is 11.0 Å². The van der Waals surface area contributed by atoms with Crippen LogP contribution in [0.2, 0.25) is 5.02 Å². The molecule has 0 bridgehead atoms. The fourth-order valence-electron chi connectivity index (χ4n) is 1.72. The van der Waals surface area contributed by atoms with Crippen molar-refractivity contribution < 1.29 is 0 Å². The number of aromatic nitrogens is 2. The van der Waals surface area contributed by atoms with Crippen molar-refractivity contribution in [3.63, 3.8) is 0 Å². The van der Waals surface area contributed by atoms with Gasteiger partial charge < -0.3 is 0 Å². The summed E-state index contributed by atoms with van der Waals surface area (Å²) in [6, 6.07) is 15.4. The van der Waals surface area contributed by atoms with Crippen LogP contribution >= 0.6 is 11.6 Å². The smallest absolute Gasteiger partial charge is 0.118 e. The van der Waals surface area contributed by atoms with Crippen LogP contribution in [-0.4, -0.2) is 15.9 Å². The zero-order valence-corrected chi connectivity index (χ0v) is 10.2. The Morgan fingerprint density at radius 3 is 2.67 bits per heavy atom. The molecule has 4 heteroatoms. The minimum atomic E-state index is 0.722. The standard InChI is InChI=1S/C14H10ClN3/c15-12-7-5-11(6-8-12)9-17-18-10-16-13-3-1-2-4-14(13)18/h1-10H. The van der Waals surface area contributed by atoms with E-state index in [1.54, 1.807) is 17.2 Å². The molecule has 3 rings (SSSR count). The molecule has 0 saturated heterocycles. The number of fused-ring (bicyclic) bond motifs is 1. The van der Waals surface area contributed by atoms with E-state index in [0.717, 1.165) is 21.6 Å². The molecule has 3 nitrogen and oxygen atoms in total. The van der Waals surface area contributed by atoms with Gasteiger partial charge in [0.15, 0.2) is 0 Å². The molecule has 0 aliphatic rings. The lowest BCUT2D eigenvalue weighted by Gasteiger charge is -1.96. The number of rotatable bonds is 2. The van der Waals surface area contributed by atoms with Gasteiger partial charge in [-0.05, 0) is 29.8 Å². The van der Waals surface area contributed by atoms with Gasteiger partial charge in [-0.25, -0.2) is 9.66 Å². The average Bonchev–Trinajstić information content (AvgIpc) is 2.82. The second-order valence-corrected chi connectivity index (χ2v) is 4.31. The molecule has 0 aliphatic carbocycles. The zero-order valence-electron chi connectivity index (χ0n) is 9.49. The highest BCUT2D eigenvalue weighted by molar-refractivity contribution is 6.30. The second kappa shape index (κ2) is 4.63. The maximum Gasteiger partial charge on any atom is 0.118 e. The van der Waals surface area contributed by atoms with Crippen LogP contribution in [0.1, 0.15) is 5.56 Å². The van der Waals surface area contributed by atoms with E-state index in [2.05, 4.69) is 10.1 Å². The van der Waals surface area contributed by atoms with Crippen LogP contribution in [0.5, 0.6) is 0 Å². The molecule has 0 spiro atoms. The molecule has 0 fully saturated rings. The molecule has 1 heterocycles. The summed E-state index contributed by atoms with van der Waals surface area (Å²) in [7, 11) is 0. The van der Waals surface area contributed by atoms with Gasteiger partial charge >= 0.3 is 0 Å². The Morgan fingerprint density at radius 1 is 1.06 bits per heavy atom. The maximum atomic E-state index is 5.83. The molecular weight excluding hydrogens is 246 g/mol. The Bertz CT molecular complexity index is 698. The Morgan fingerprint density at radius 2 is 1.83 bits per heavy atom. The molecule has 0 radical (unpaired) electrons. The highest BCUT2D eigenvalue weighted by Crippen LogP contribution is 2.12. The first-order valence-electron chi connectivity index (χ1n) is 5.55. The lowest BCUT2D eigenvalue weighted by molar-refractivity contribution is 0.914. The van der Waals surface area contributed by atoms with Gasteiger partial charge in [-0.3, -0.25) is 0 Å². The molecule has 0 saturated carbocycles. The van der Waals surface area contributed by atoms with Gasteiger partial charge in [0.25, 0.3) is 0 Å². The highest BCUT2D eigenvalue weighted by Gasteiger charge is 1.98. The van der Waals surface area contributed by atoms with E-state index >= 15 is 0 Å². The van der Waals surface area contributed by atoms with Gasteiger partial charge in [0, 0.05) is 5.02 Å². The topological polar surface area (TPSA) is 30.2 Å². The van der Waals surface area contributed by atoms with Crippen molar-refractivity contribution in [1.82, 2.24) is 9.66 Å². The monoisotopic (exact) mass is 255 g/mol. The maximum absolute atomic E-state index is 5.83. The SMILES string of the molecule is Clc1ccc(C=Nn2cnc3ccccc32)cc1. The fourth-order valence-corrected chi connectivity index (χ4v) is 1.84. The fraction of sp³-hybridized carbons (Fsp3) is 0. The molecule has 0 atom stereocenters. The van der Waals surface area contributed by atoms with Gasteiger partial charge in [-0.2, -0.15) is 5.10 Å². The summed E-state index contributed by atoms with van der Waals surface area (Å²) in [6.45, 7) is 0. The number of imidazole rings is 1. The van der Waals surface area contributed by atoms with Crippen LogP contribution in [0.3, 0.4) is 0 Å². The Kier molecular flexibility index (Phi) is 2.82. The number of para-hydroxylation sites is 2. The largest absolute Gasteiger partial charge is 0.235 e. The lowest BCUT2D eigenvalue weighted by atomic mass is 10.2. The molecule has 88 valence electrons. The summed E-state index contributed by atoms with van der Waals surface area (Å²) in [5.41, 5.74) is 2.92. The van der Waals surface area contributed by atoms with Crippen molar-refractivity contribution in [2.45, 2.75) is 0 Å². The minimum Gasteiger partial charge on any atom is -0.235 e. The molecule has 3 aromatic rings. The van der Waals surface area contributed by atoms with Gasteiger partial charge in [0.05, 0.1) is 17.2 Å². The number of hydrogen-bond acceptors (Lipinski definition) is 2. The summed E-state index contributed by atoms with van der Waals surface area (Å²) < 4.78 is 1.75. The third-order valence-corrected chi connectivity index (χ3v) is 2.89. The summed E-state index contributed by atoms with van der Waals surface area (Å²) >= 11 is 5.83. The predicted octanol–water partition coefficient (Wildman–Crippen LogP) is 3.57. The molecule has 18 heavy (non-hydrogen) atoms. The third kappa shape index (κ3) is 2.13. The molecule has 2 aromatic carbocycles. The van der Waals surface area contributed by atoms with Crippen LogP contribution in [0.4, 0.5) is 0 Å². The van der Waals surface area contributed by atoms with Gasteiger partial charge in [-0.1, -0.05) is 35.9 Å². The summed E-state index contributed by atoms with van der Waals surface area (Å²) in [4.78, 5) is 4.27. The second-order valence-electron chi connectivity index (χ2n) is 3.87. The summed E-state index contributed by atoms with van der Waals surface area (Å²) in [5, 5.41) is 5.10. The summed E-state index contributed by atoms with van der Waals surface area (Å²) in [5.74, 6) is 0. The molecule has 1 aromatic heterocycles. The van der Waals surface area contributed by atoms with E-state index in [0.29, 0.717) is 0 Å². The lowest BCUT2D eigenvalue weighted by Crippen LogP contribution is -1.88. The Hall–Kier alpha value is -2.13. The first kappa shape index (κ1) is 11.0. The van der Waals surface area contributed by atoms with Crippen molar-refractivity contribution >= 4 is 28.8 Å². The van der Waals surface area contributed by atoms with Crippen molar-refractivity contribution in [1.29, 1.82) is 0 Å². The third-order valence-electron chi connectivity index (χ3n) is 2.64. The number of nitrogens with zero attached hydrogens (tertiary/aromatic N) is 3. The minimum absolute atomic E-state index is 0.722. The Labute approximate surface area is 109 Å². The van der Waals surface area contributed by atoms with Crippen molar-refractivity contribution in [2.75, 3.05) is 0 Å². The van der Waals surface area contributed by atoms with E-state index in [1.807, 2.05) is 48.5 Å². The van der Waals surface area contributed by atoms with E-state index in [-0.39, 0.29) is 0 Å². The van der Waals surface area contributed by atoms with E-state index in [1.165, 1.54) is 0 Å². The normalized spacial score (nSPS) is 11.4. The molecule has 0 aliphatic heterocycles. The number of halogens is 1. The predicted molar refractivity (Wildman–Crippen MR) is 74.2 cm³/mol. The Balaban J connectivity index is 1.94.